The third-order valence-electron chi connectivity index (χ3n) is 8.53. The Morgan fingerprint density at radius 3 is 2.52 bits per heavy atom. The number of aliphatic hydroxyl groups is 2. The smallest absolute Gasteiger partial charge is 0.459 e. The maximum Gasteiger partial charge on any atom is 0.459 e. The van der Waals surface area contributed by atoms with E-state index in [-0.39, 0.29) is 28.7 Å². The summed E-state index contributed by atoms with van der Waals surface area (Å²) in [6, 6.07) is 20.6. The minimum atomic E-state index is -4.43. The van der Waals surface area contributed by atoms with Crippen LogP contribution in [-0.2, 0) is 23.4 Å². The lowest BCUT2D eigenvalue weighted by atomic mass is 9.96. The van der Waals surface area contributed by atoms with E-state index in [4.69, 9.17) is 29.0 Å². The van der Waals surface area contributed by atoms with Crippen LogP contribution in [0.5, 0.6) is 11.6 Å². The van der Waals surface area contributed by atoms with Crippen LogP contribution >= 0.6 is 7.75 Å². The maximum absolute atomic E-state index is 14.5. The molecular formula is C34H39N6O9P. The fourth-order valence-electron chi connectivity index (χ4n) is 5.87. The molecule has 16 heteroatoms. The average Bonchev–Trinajstić information content (AvgIpc) is 3.53. The number of aryl methyl sites for hydroxylation is 1. The summed E-state index contributed by atoms with van der Waals surface area (Å²) in [5, 5.41) is 27.0. The molecule has 0 amide bonds. The quantitative estimate of drug-likeness (QED) is 0.105. The number of esters is 1. The zero-order chi connectivity index (χ0) is 35.8. The summed E-state index contributed by atoms with van der Waals surface area (Å²) in [6.45, 7) is 5.70. The van der Waals surface area contributed by atoms with Crippen LogP contribution < -0.4 is 20.1 Å². The predicted molar refractivity (Wildman–Crippen MR) is 183 cm³/mol. The Labute approximate surface area is 287 Å². The molecule has 6 rings (SSSR count). The Balaban J connectivity index is 1.26. The van der Waals surface area contributed by atoms with Crippen molar-refractivity contribution in [2.75, 3.05) is 19.5 Å². The number of anilines is 1. The van der Waals surface area contributed by atoms with E-state index in [2.05, 4.69) is 20.0 Å². The van der Waals surface area contributed by atoms with E-state index < -0.39 is 56.5 Å². The van der Waals surface area contributed by atoms with Gasteiger partial charge in [0, 0.05) is 5.39 Å². The van der Waals surface area contributed by atoms with Crippen LogP contribution in [0.15, 0.2) is 72.8 Å². The molecule has 3 aromatic carbocycles. The van der Waals surface area contributed by atoms with Crippen LogP contribution in [0.1, 0.15) is 44.5 Å². The summed E-state index contributed by atoms with van der Waals surface area (Å²) in [5.74, 6) is -0.0959. The number of carbonyl (C=O) groups is 1. The summed E-state index contributed by atoms with van der Waals surface area (Å²) in [4.78, 5) is 26.0. The summed E-state index contributed by atoms with van der Waals surface area (Å²) in [6.07, 6.45) is -4.61. The lowest BCUT2D eigenvalue weighted by molar-refractivity contribution is -0.150. The van der Waals surface area contributed by atoms with Crippen LogP contribution in [-0.4, -0.2) is 73.3 Å². The monoisotopic (exact) mass is 706 g/mol. The third-order valence-corrected chi connectivity index (χ3v) is 10.2. The topological polar surface area (TPSA) is 202 Å². The Hall–Kier alpha value is -4.63. The van der Waals surface area contributed by atoms with Gasteiger partial charge in [-0.1, -0.05) is 66.7 Å². The predicted octanol–water partition coefficient (Wildman–Crippen LogP) is 4.37. The highest BCUT2D eigenvalue weighted by Gasteiger charge is 2.54. The number of nitrogens with one attached hydrogen (secondary N) is 1. The van der Waals surface area contributed by atoms with Crippen LogP contribution in [0.4, 0.5) is 5.95 Å². The number of methoxy groups -OCH3 is 1. The van der Waals surface area contributed by atoms with Crippen molar-refractivity contribution in [1.82, 2.24) is 24.6 Å². The molecule has 50 heavy (non-hydrogen) atoms. The fourth-order valence-corrected chi connectivity index (χ4v) is 7.40. The Morgan fingerprint density at radius 2 is 1.78 bits per heavy atom. The number of nitrogens with zero attached hydrogens (tertiary/aromatic N) is 4. The normalized spacial score (nSPS) is 23.0. The third kappa shape index (κ3) is 6.88. The molecule has 5 N–H and O–H groups in total. The summed E-state index contributed by atoms with van der Waals surface area (Å²) < 4.78 is 45.1. The standard InChI is InChI=1S/C34H39N6O9P/c1-19(31(42)47-20(2)22-12-7-6-8-13-22)39-50(44,49-25-17-11-15-23-14-9-10-16-24(23)25)46-18-26-28(41)34(4,43)32(48-26)40-21(3)36-27-29(40)37-33(35)38-30(27)45-5/h6-17,19-20,26,28,32,41,43H,18H2,1-5H3,(H,39,44)(H2,35,37,38). The van der Waals surface area contributed by atoms with Gasteiger partial charge in [0.05, 0.1) is 13.7 Å². The largest absolute Gasteiger partial charge is 0.479 e. The molecule has 0 aliphatic carbocycles. The van der Waals surface area contributed by atoms with E-state index in [1.54, 1.807) is 38.1 Å². The fraction of sp³-hybridized carbons (Fsp3) is 0.353. The number of nitrogens with two attached hydrogens (primary N) is 1. The van der Waals surface area contributed by atoms with Gasteiger partial charge in [-0.05, 0) is 44.7 Å². The molecule has 15 nitrogen and oxygen atoms in total. The van der Waals surface area contributed by atoms with Gasteiger partial charge in [0.25, 0.3) is 0 Å². The van der Waals surface area contributed by atoms with E-state index in [1.807, 2.05) is 48.5 Å². The van der Waals surface area contributed by atoms with Gasteiger partial charge < -0.3 is 34.7 Å². The van der Waals surface area contributed by atoms with E-state index >= 15 is 0 Å². The lowest BCUT2D eigenvalue weighted by Crippen LogP contribution is -2.44. The van der Waals surface area contributed by atoms with Crippen molar-refractivity contribution in [3.8, 4) is 11.6 Å². The summed E-state index contributed by atoms with van der Waals surface area (Å²) in [5.41, 5.74) is 5.24. The van der Waals surface area contributed by atoms with Gasteiger partial charge in [0.1, 0.15) is 41.5 Å². The number of nitrogen functional groups attached to an aromatic ring is 1. The maximum atomic E-state index is 14.5. The first-order valence-electron chi connectivity index (χ1n) is 15.9. The van der Waals surface area contributed by atoms with Crippen molar-refractivity contribution in [1.29, 1.82) is 0 Å². The number of carbonyl (C=O) groups excluding carboxylic acids is 1. The minimum absolute atomic E-state index is 0.100. The number of hydrogen-bond donors (Lipinski definition) is 4. The highest BCUT2D eigenvalue weighted by molar-refractivity contribution is 7.52. The highest BCUT2D eigenvalue weighted by Crippen LogP contribution is 2.49. The number of imidazole rings is 1. The van der Waals surface area contributed by atoms with Crippen molar-refractivity contribution < 1.29 is 42.8 Å². The number of ether oxygens (including phenoxy) is 3. The first-order valence-corrected chi connectivity index (χ1v) is 17.4. The number of rotatable bonds is 12. The van der Waals surface area contributed by atoms with Crippen molar-refractivity contribution in [3.63, 3.8) is 0 Å². The number of fused-ring (bicyclic) bond motifs is 2. The van der Waals surface area contributed by atoms with Gasteiger partial charge in [-0.2, -0.15) is 15.1 Å². The molecule has 1 fully saturated rings. The molecule has 1 saturated heterocycles. The molecule has 0 saturated carbocycles. The first-order chi connectivity index (χ1) is 23.8. The van der Waals surface area contributed by atoms with Crippen molar-refractivity contribution in [2.45, 2.75) is 63.9 Å². The molecular weight excluding hydrogens is 667 g/mol. The van der Waals surface area contributed by atoms with Gasteiger partial charge in [-0.3, -0.25) is 13.9 Å². The summed E-state index contributed by atoms with van der Waals surface area (Å²) >= 11 is 0. The Bertz CT molecular complexity index is 2050. The van der Waals surface area contributed by atoms with Gasteiger partial charge >= 0.3 is 13.7 Å². The second-order valence-corrected chi connectivity index (χ2v) is 13.9. The molecule has 7 unspecified atom stereocenters. The molecule has 1 aliphatic rings. The molecule has 5 aromatic rings. The zero-order valence-corrected chi connectivity index (χ0v) is 29.0. The molecule has 0 radical (unpaired) electrons. The first kappa shape index (κ1) is 35.2. The summed E-state index contributed by atoms with van der Waals surface area (Å²) in [7, 11) is -3.03. The van der Waals surface area contributed by atoms with Gasteiger partial charge in [-0.25, -0.2) is 9.55 Å². The van der Waals surface area contributed by atoms with Gasteiger partial charge in [-0.15, -0.1) is 0 Å². The SMILES string of the molecule is COc1nc(N)nc2c1nc(C)n2C1OC(COP(=O)(NC(C)C(=O)OC(C)c2ccccc2)Oc2cccc3ccccc23)C(O)C1(C)O. The molecule has 0 bridgehead atoms. The number of benzene rings is 3. The molecule has 264 valence electrons. The van der Waals surface area contributed by atoms with Crippen LogP contribution in [0.2, 0.25) is 0 Å². The molecule has 0 spiro atoms. The van der Waals surface area contributed by atoms with E-state index in [9.17, 15) is 19.6 Å². The van der Waals surface area contributed by atoms with Gasteiger partial charge in [0.15, 0.2) is 17.4 Å². The van der Waals surface area contributed by atoms with E-state index in [1.165, 1.54) is 25.5 Å². The van der Waals surface area contributed by atoms with Crippen molar-refractivity contribution in [2.24, 2.45) is 0 Å². The lowest BCUT2D eigenvalue weighted by Gasteiger charge is -2.28. The Morgan fingerprint density at radius 1 is 1.08 bits per heavy atom. The average molecular weight is 707 g/mol. The second-order valence-electron chi connectivity index (χ2n) is 12.2. The molecule has 1 aliphatic heterocycles. The zero-order valence-electron chi connectivity index (χ0n) is 28.1. The van der Waals surface area contributed by atoms with E-state index in [0.29, 0.717) is 11.2 Å². The molecule has 7 atom stereocenters. The number of hydrogen-bond acceptors (Lipinski definition) is 13. The number of aromatic nitrogens is 4. The molecule has 3 heterocycles. The van der Waals surface area contributed by atoms with Crippen LogP contribution in [0, 0.1) is 6.92 Å². The van der Waals surface area contributed by atoms with Crippen molar-refractivity contribution >= 4 is 41.6 Å². The minimum Gasteiger partial charge on any atom is -0.479 e. The van der Waals surface area contributed by atoms with Crippen LogP contribution in [0.25, 0.3) is 21.9 Å². The number of aliphatic hydroxyl groups excluding tert-OH is 1. The Kier molecular flexibility index (Phi) is 9.82. The van der Waals surface area contributed by atoms with Crippen molar-refractivity contribution in [3.05, 3.63) is 84.2 Å². The second kappa shape index (κ2) is 13.9. The van der Waals surface area contributed by atoms with Gasteiger partial charge in [0.2, 0.25) is 11.8 Å². The van der Waals surface area contributed by atoms with E-state index in [0.717, 1.165) is 10.9 Å². The molecule has 2 aromatic heterocycles. The van der Waals surface area contributed by atoms with Crippen LogP contribution in [0.3, 0.4) is 0 Å². The highest BCUT2D eigenvalue weighted by atomic mass is 31.2.